The largest absolute Gasteiger partial charge is 0.293 e. The molecule has 1 aliphatic heterocycles. The minimum atomic E-state index is -0.213. The Kier molecular flexibility index (Phi) is 4.43. The Morgan fingerprint density at radius 3 is 2.95 bits per heavy atom. The Bertz CT molecular complexity index is 600. The monoisotopic (exact) mass is 300 g/mol. The van der Waals surface area contributed by atoms with E-state index in [2.05, 4.69) is 30.4 Å². The maximum atomic E-state index is 12.4. The van der Waals surface area contributed by atoms with Gasteiger partial charge in [-0.15, -0.1) is 0 Å². The third-order valence-corrected chi connectivity index (χ3v) is 4.14. The van der Waals surface area contributed by atoms with Crippen LogP contribution in [0.2, 0.25) is 0 Å². The number of carbonyl (C=O) groups is 1. The molecular weight excluding hydrogens is 280 g/mol. The van der Waals surface area contributed by atoms with Crippen LogP contribution in [-0.4, -0.2) is 50.1 Å². The first kappa shape index (κ1) is 14.6. The van der Waals surface area contributed by atoms with E-state index in [9.17, 15) is 4.79 Å². The van der Waals surface area contributed by atoms with Gasteiger partial charge in [-0.05, 0) is 38.4 Å². The second-order valence-electron chi connectivity index (χ2n) is 5.58. The molecule has 0 unspecified atom stereocenters. The van der Waals surface area contributed by atoms with Crippen LogP contribution in [0.15, 0.2) is 30.7 Å². The molecule has 0 aliphatic carbocycles. The third kappa shape index (κ3) is 3.30. The predicted molar refractivity (Wildman–Crippen MR) is 82.3 cm³/mol. The van der Waals surface area contributed by atoms with Crippen molar-refractivity contribution in [3.63, 3.8) is 0 Å². The van der Waals surface area contributed by atoms with Crippen molar-refractivity contribution in [1.29, 1.82) is 0 Å². The van der Waals surface area contributed by atoms with Gasteiger partial charge in [0.25, 0.3) is 0 Å². The lowest BCUT2D eigenvalue weighted by molar-refractivity contribution is -0.121. The second kappa shape index (κ2) is 6.65. The quantitative estimate of drug-likeness (QED) is 0.891. The molecular formula is C15H20N6O. The van der Waals surface area contributed by atoms with E-state index in [1.165, 1.54) is 0 Å². The fourth-order valence-electron chi connectivity index (χ4n) is 2.85. The number of H-pyrrole nitrogens is 1. The topological polar surface area (TPSA) is 86.8 Å². The summed E-state index contributed by atoms with van der Waals surface area (Å²) in [5.74, 6) is 0.678. The van der Waals surface area contributed by atoms with Crippen molar-refractivity contribution in [2.75, 3.05) is 18.4 Å². The molecule has 1 saturated heterocycles. The Morgan fingerprint density at radius 2 is 2.23 bits per heavy atom. The highest BCUT2D eigenvalue weighted by atomic mass is 16.2. The van der Waals surface area contributed by atoms with Crippen LogP contribution < -0.4 is 5.32 Å². The number of piperidine rings is 1. The van der Waals surface area contributed by atoms with Crippen molar-refractivity contribution >= 4 is 11.9 Å². The van der Waals surface area contributed by atoms with Crippen LogP contribution in [-0.2, 0) is 4.79 Å². The number of aromatic amines is 1. The summed E-state index contributed by atoms with van der Waals surface area (Å²) in [6, 6.07) is 3.52. The first-order valence-corrected chi connectivity index (χ1v) is 7.55. The molecule has 0 spiro atoms. The Morgan fingerprint density at radius 1 is 1.41 bits per heavy atom. The van der Waals surface area contributed by atoms with Crippen molar-refractivity contribution < 1.29 is 4.79 Å². The summed E-state index contributed by atoms with van der Waals surface area (Å²) in [6.07, 6.45) is 7.19. The second-order valence-corrected chi connectivity index (χ2v) is 5.58. The summed E-state index contributed by atoms with van der Waals surface area (Å²) in [4.78, 5) is 22.6. The Balaban J connectivity index is 1.61. The number of amides is 1. The van der Waals surface area contributed by atoms with E-state index in [0.717, 1.165) is 31.6 Å². The van der Waals surface area contributed by atoms with Crippen LogP contribution in [0.4, 0.5) is 5.95 Å². The summed E-state index contributed by atoms with van der Waals surface area (Å²) >= 11 is 0. The van der Waals surface area contributed by atoms with Gasteiger partial charge < -0.3 is 0 Å². The zero-order valence-electron chi connectivity index (χ0n) is 12.6. The zero-order chi connectivity index (χ0) is 15.4. The molecule has 3 heterocycles. The Hall–Kier alpha value is -2.28. The number of nitrogens with zero attached hydrogens (tertiary/aromatic N) is 4. The van der Waals surface area contributed by atoms with Gasteiger partial charge in [-0.1, -0.05) is 0 Å². The summed E-state index contributed by atoms with van der Waals surface area (Å²) in [6.45, 7) is 3.70. The fraction of sp³-hybridized carbons (Fsp3) is 0.467. The zero-order valence-corrected chi connectivity index (χ0v) is 12.6. The molecule has 116 valence electrons. The smallest absolute Gasteiger partial charge is 0.243 e. The van der Waals surface area contributed by atoms with Gasteiger partial charge >= 0.3 is 0 Å². The van der Waals surface area contributed by atoms with Gasteiger partial charge in [0.15, 0.2) is 0 Å². The number of rotatable bonds is 4. The summed E-state index contributed by atoms with van der Waals surface area (Å²) in [5, 5.41) is 9.82. The number of hydrogen-bond acceptors (Lipinski definition) is 5. The molecule has 0 bridgehead atoms. The molecule has 2 atom stereocenters. The van der Waals surface area contributed by atoms with E-state index in [1.807, 2.05) is 13.0 Å². The van der Waals surface area contributed by atoms with Crippen LogP contribution in [0.25, 0.3) is 0 Å². The van der Waals surface area contributed by atoms with E-state index in [-0.39, 0.29) is 11.9 Å². The maximum absolute atomic E-state index is 12.4. The maximum Gasteiger partial charge on any atom is 0.243 e. The van der Waals surface area contributed by atoms with Gasteiger partial charge in [0.1, 0.15) is 0 Å². The van der Waals surface area contributed by atoms with Gasteiger partial charge in [-0.2, -0.15) is 5.10 Å². The van der Waals surface area contributed by atoms with Crippen molar-refractivity contribution in [1.82, 2.24) is 25.1 Å². The molecule has 7 heteroatoms. The number of hydrogen-bond donors (Lipinski definition) is 2. The van der Waals surface area contributed by atoms with E-state index in [4.69, 9.17) is 0 Å². The van der Waals surface area contributed by atoms with Gasteiger partial charge in [-0.25, -0.2) is 9.97 Å². The van der Waals surface area contributed by atoms with Gasteiger partial charge in [-0.3, -0.25) is 20.1 Å². The molecule has 0 radical (unpaired) electrons. The minimum Gasteiger partial charge on any atom is -0.293 e. The van der Waals surface area contributed by atoms with Crippen LogP contribution in [0.5, 0.6) is 0 Å². The number of likely N-dealkylation sites (tertiary alicyclic amines) is 1. The van der Waals surface area contributed by atoms with Crippen LogP contribution in [0, 0.1) is 0 Å². The molecule has 1 amide bonds. The number of nitrogens with one attached hydrogen (secondary N) is 2. The molecule has 22 heavy (non-hydrogen) atoms. The van der Waals surface area contributed by atoms with Crippen LogP contribution in [0.1, 0.15) is 31.4 Å². The van der Waals surface area contributed by atoms with Gasteiger partial charge in [0, 0.05) is 36.7 Å². The number of aromatic nitrogens is 4. The summed E-state index contributed by atoms with van der Waals surface area (Å²) in [5.41, 5.74) is 1.14. The normalized spacial score (nSPS) is 20.5. The van der Waals surface area contributed by atoms with Crippen molar-refractivity contribution in [3.05, 3.63) is 36.4 Å². The molecule has 0 aromatic carbocycles. The molecule has 7 nitrogen and oxygen atoms in total. The lowest BCUT2D eigenvalue weighted by Crippen LogP contribution is -2.46. The first-order valence-electron chi connectivity index (χ1n) is 7.55. The van der Waals surface area contributed by atoms with Crippen molar-refractivity contribution in [2.24, 2.45) is 0 Å². The SMILES string of the molecule is C[C@H](C(=O)Nc1ncccn1)N1CCC[C@@H](c2ccn[nH]2)C1. The first-order chi connectivity index (χ1) is 10.7. The van der Waals surface area contributed by atoms with Gasteiger partial charge in [0.05, 0.1) is 6.04 Å². The molecule has 2 N–H and O–H groups in total. The summed E-state index contributed by atoms with van der Waals surface area (Å²) in [7, 11) is 0. The van der Waals surface area contributed by atoms with E-state index >= 15 is 0 Å². The van der Waals surface area contributed by atoms with Crippen LogP contribution >= 0.6 is 0 Å². The molecule has 3 rings (SSSR count). The Labute approximate surface area is 129 Å². The third-order valence-electron chi connectivity index (χ3n) is 4.14. The van der Waals surface area contributed by atoms with Crippen molar-refractivity contribution in [3.8, 4) is 0 Å². The fourth-order valence-corrected chi connectivity index (χ4v) is 2.85. The molecule has 0 saturated carbocycles. The predicted octanol–water partition coefficient (Wildman–Crippen LogP) is 1.41. The minimum absolute atomic E-state index is 0.0727. The molecule has 1 aliphatic rings. The number of carbonyl (C=O) groups excluding carboxylic acids is 1. The lowest BCUT2D eigenvalue weighted by atomic mass is 9.94. The standard InChI is InChI=1S/C15H20N6O/c1-11(14(22)19-15-16-6-3-7-17-15)21-9-2-4-12(10-21)13-5-8-18-20-13/h3,5-8,11-12H,2,4,9-10H2,1H3,(H,18,20)(H,16,17,19,22)/t11-,12-/m1/s1. The molecule has 2 aromatic rings. The highest BCUT2D eigenvalue weighted by molar-refractivity contribution is 5.93. The number of anilines is 1. The molecule has 2 aromatic heterocycles. The summed E-state index contributed by atoms with van der Waals surface area (Å²) < 4.78 is 0. The van der Waals surface area contributed by atoms with Crippen molar-refractivity contribution in [2.45, 2.75) is 31.7 Å². The highest BCUT2D eigenvalue weighted by Gasteiger charge is 2.28. The average molecular weight is 300 g/mol. The van der Waals surface area contributed by atoms with Crippen LogP contribution in [0.3, 0.4) is 0 Å². The highest BCUT2D eigenvalue weighted by Crippen LogP contribution is 2.26. The van der Waals surface area contributed by atoms with Gasteiger partial charge in [0.2, 0.25) is 11.9 Å². The van der Waals surface area contributed by atoms with E-state index in [0.29, 0.717) is 11.9 Å². The average Bonchev–Trinajstić information content (AvgIpc) is 3.10. The van der Waals surface area contributed by atoms with E-state index < -0.39 is 0 Å². The lowest BCUT2D eigenvalue weighted by Gasteiger charge is -2.35. The van der Waals surface area contributed by atoms with E-state index in [1.54, 1.807) is 24.7 Å². The molecule has 1 fully saturated rings.